The molecule has 13 aliphatic heterocycles. The molecule has 7 aromatic rings. The number of carbonyl (C=O) groups excluding carboxylic acids is 8. The number of carbonyl (C=O) groups is 8. The van der Waals surface area contributed by atoms with Crippen molar-refractivity contribution in [3.63, 3.8) is 0 Å². The summed E-state index contributed by atoms with van der Waals surface area (Å²) in [6.45, 7) is 46.0. The van der Waals surface area contributed by atoms with Gasteiger partial charge in [0.05, 0.1) is 93.7 Å². The maximum atomic E-state index is 11.3. The summed E-state index contributed by atoms with van der Waals surface area (Å²) in [7, 11) is 34.5. The van der Waals surface area contributed by atoms with Crippen LogP contribution in [0.25, 0.3) is 11.0 Å². The molecule has 16 heterocycles. The molecule has 38 heteroatoms. The number of aryl methyl sites for hydroxylation is 6. The Bertz CT molecular complexity index is 4430. The standard InChI is InChI=1S/C9H7NO2.C8H8N2.C8H10O.C7H13NO.C7H8.C6H12N2O.C6H14N2.C6H11NO.C6H13N.C6H12O.C5H10N2O.C5H12N2.C5H9NO2.C5H11NO.C5H9NO.C5H13N.C4H7N3O.C4H7N3.C4H8O/c1-10-8(11)6-4-2-3-5-7(6)9(10)12;1-10-6-9-7-4-2-3-5-8(7)10;1-7-3-5-8(9-2)6-4-7;1-8-6-4-2-3-5-7(8)9;1-7-5-3-2-4-6-7;1-7-4-3-5-8(2)6(7)9;1-7-3-5-8(2)6-4-7;1-7-5-3-2-4-6(7)8;1-7-5-3-2-4-6-7;1-6-2-4-7-5-3-6;1-7-3-2-6-4-5(7)8;1-7-4-2-6-3-5-7;1-6-2-3-8-4-5(6)7;1-6-2-4-7-5-3-6;1-6-4-2-3-5(6)7;1-4-6(3)5-2;1-7-2-4(3-8)5-6-7;1-4-3-7(2)6-5-4;1-4-2-5-3-4/h2-5H,1H3;2-6H,1H3;3-6H,1-2H3;2-6H2,1H3;2-6H,1H3;3-5H2,1-2H3;3-6H2,1-2H3;2-5H2,1H3;2-6H2,1H3;6H,2-5H2,1H3;6H,2-4H2,1H3;6H,2-5H2,1H3;2-4H2,1H3;2-5H2,1H3;2-4H2,1H3;4-5H2,1-3H3;2,8H,3H2,1H3;3H,1-2H3;4H,2-3H2,1H3. The number of aliphatic hydroxyl groups excluding tert-OH is 1. The van der Waals surface area contributed by atoms with Crippen LogP contribution in [0.5, 0.6) is 5.75 Å². The smallest absolute Gasteiger partial charge is 0.319 e. The van der Waals surface area contributed by atoms with Crippen molar-refractivity contribution in [1.29, 1.82) is 0 Å². The number of methoxy groups -OCH3 is 1. The highest BCUT2D eigenvalue weighted by atomic mass is 16.5. The molecule has 0 unspecified atom stereocenters. The maximum Gasteiger partial charge on any atom is 0.319 e. The van der Waals surface area contributed by atoms with Crippen LogP contribution >= 0.6 is 0 Å². The third-order valence-electron chi connectivity index (χ3n) is 25.5. The third kappa shape index (κ3) is 64.9. The van der Waals surface area contributed by atoms with E-state index in [9.17, 15) is 38.4 Å². The van der Waals surface area contributed by atoms with Gasteiger partial charge < -0.3 is 108 Å². The van der Waals surface area contributed by atoms with Gasteiger partial charge in [-0.25, -0.2) is 9.78 Å². The molecule has 0 saturated carbocycles. The number of imidazole rings is 1. The van der Waals surface area contributed by atoms with E-state index >= 15 is 0 Å². The lowest BCUT2D eigenvalue weighted by Gasteiger charge is -2.30. The highest BCUT2D eigenvalue weighted by molar-refractivity contribution is 6.21. The lowest BCUT2D eigenvalue weighted by Crippen LogP contribution is -2.45. The van der Waals surface area contributed by atoms with Crippen LogP contribution in [0.2, 0.25) is 0 Å². The van der Waals surface area contributed by atoms with Gasteiger partial charge in [-0.15, -0.1) is 10.2 Å². The molecule has 0 radical (unpaired) electrons. The Kier molecular flexibility index (Phi) is 74.5. The number of rotatable bonds is 4. The number of para-hydroxylation sites is 2. The van der Waals surface area contributed by atoms with Gasteiger partial charge >= 0.3 is 6.03 Å². The number of piperazine rings is 3. The quantitative estimate of drug-likeness (QED) is 0.138. The zero-order chi connectivity index (χ0) is 111. The van der Waals surface area contributed by atoms with Crippen LogP contribution in [0.15, 0.2) is 122 Å². The van der Waals surface area contributed by atoms with Crippen LogP contribution in [0.4, 0.5) is 4.79 Å². The molecule has 9 amide bonds. The number of morpholine rings is 2. The Balaban J connectivity index is 0.000000533. The Morgan fingerprint density at radius 3 is 1.17 bits per heavy atom. The highest BCUT2D eigenvalue weighted by Crippen LogP contribution is 2.21. The van der Waals surface area contributed by atoms with Crippen molar-refractivity contribution in [1.82, 2.24) is 119 Å². The fraction of sp³-hybridized carbons (Fsp3) is 0.667. The second-order valence-corrected chi connectivity index (χ2v) is 39.3. The molecule has 3 aromatic heterocycles. The summed E-state index contributed by atoms with van der Waals surface area (Å²) < 4.78 is 30.1. The minimum Gasteiger partial charge on any atom is -0.497 e. The van der Waals surface area contributed by atoms with Gasteiger partial charge in [-0.3, -0.25) is 47.8 Å². The average Bonchev–Trinajstić information content (AvgIpc) is 1.65. The number of piperidine rings is 2. The van der Waals surface area contributed by atoms with Gasteiger partial charge in [-0.05, 0) is 196 Å². The Morgan fingerprint density at radius 2 is 0.826 bits per heavy atom. The van der Waals surface area contributed by atoms with Crippen LogP contribution in [-0.4, -0.2) is 470 Å². The molecule has 0 aliphatic carbocycles. The van der Waals surface area contributed by atoms with Crippen LogP contribution < -0.4 is 15.4 Å². The predicted octanol–water partition coefficient (Wildman–Crippen LogP) is 10.2. The van der Waals surface area contributed by atoms with Crippen molar-refractivity contribution >= 4 is 58.4 Å². The molecule has 20 rings (SSSR count). The highest BCUT2D eigenvalue weighted by Gasteiger charge is 2.32. The number of aliphatic hydroxyl groups is 1. The third-order valence-corrected chi connectivity index (χ3v) is 25.5. The van der Waals surface area contributed by atoms with E-state index in [4.69, 9.17) is 28.8 Å². The summed E-state index contributed by atoms with van der Waals surface area (Å²) in [5.41, 5.74) is 7.40. The van der Waals surface area contributed by atoms with Crippen molar-refractivity contribution in [3.05, 3.63) is 155 Å². The molecular weight excluding hydrogens is 1890 g/mol. The molecule has 12 fully saturated rings. The van der Waals surface area contributed by atoms with E-state index in [0.29, 0.717) is 47.7 Å². The van der Waals surface area contributed by atoms with E-state index in [-0.39, 0.29) is 42.9 Å². The summed E-state index contributed by atoms with van der Waals surface area (Å²) in [4.78, 5) is 119. The second-order valence-electron chi connectivity index (χ2n) is 39.3. The Morgan fingerprint density at radius 1 is 0.403 bits per heavy atom. The van der Waals surface area contributed by atoms with Crippen LogP contribution in [0.1, 0.15) is 167 Å². The number of ether oxygens (including phenoxy) is 5. The number of hydrogen-bond acceptors (Lipinski definition) is 27. The molecule has 842 valence electrons. The Hall–Kier alpha value is -10.3. The topological polar surface area (TPSA) is 352 Å². The molecule has 4 aromatic carbocycles. The van der Waals surface area contributed by atoms with Crippen LogP contribution in [-0.2, 0) is 70.7 Å². The van der Waals surface area contributed by atoms with Crippen molar-refractivity contribution in [2.45, 2.75) is 151 Å². The first-order chi connectivity index (χ1) is 71.2. The molecule has 0 atom stereocenters. The van der Waals surface area contributed by atoms with Gasteiger partial charge in [0.25, 0.3) is 11.8 Å². The largest absolute Gasteiger partial charge is 0.497 e. The van der Waals surface area contributed by atoms with Gasteiger partial charge in [-0.2, -0.15) is 0 Å². The lowest BCUT2D eigenvalue weighted by molar-refractivity contribution is -0.140. The molecular formula is C111H194N24O14. The van der Waals surface area contributed by atoms with E-state index in [1.54, 1.807) is 90.4 Å². The number of aromatic nitrogens is 8. The summed E-state index contributed by atoms with van der Waals surface area (Å²) >= 11 is 0. The average molecular weight is 2090 g/mol. The summed E-state index contributed by atoms with van der Waals surface area (Å²) in [5.74, 6) is 3.42. The van der Waals surface area contributed by atoms with Gasteiger partial charge in [0.15, 0.2) is 0 Å². The first-order valence-corrected chi connectivity index (χ1v) is 53.4. The number of likely N-dealkylation sites (N-methyl/N-ethyl adjacent to an activating group) is 6. The molecule has 12 saturated heterocycles. The fourth-order valence-corrected chi connectivity index (χ4v) is 14.5. The van der Waals surface area contributed by atoms with E-state index in [1.807, 2.05) is 146 Å². The number of amides is 9. The second kappa shape index (κ2) is 82.4. The number of imide groups is 1. The minimum atomic E-state index is -0.212. The lowest BCUT2D eigenvalue weighted by atomic mass is 10.0. The molecule has 0 bridgehead atoms. The number of urea groups is 1. The maximum absolute atomic E-state index is 11.3. The number of nitrogens with zero attached hydrogens (tertiary/aromatic N) is 22. The van der Waals surface area contributed by atoms with E-state index in [0.717, 1.165) is 210 Å². The first-order valence-electron chi connectivity index (χ1n) is 53.4. The molecule has 38 nitrogen and oxygen atoms in total. The first kappa shape index (κ1) is 135. The van der Waals surface area contributed by atoms with Crippen molar-refractivity contribution in [3.8, 4) is 5.75 Å². The van der Waals surface area contributed by atoms with Gasteiger partial charge in [0.2, 0.25) is 29.5 Å². The van der Waals surface area contributed by atoms with Gasteiger partial charge in [-0.1, -0.05) is 129 Å². The Labute approximate surface area is 894 Å². The van der Waals surface area contributed by atoms with Gasteiger partial charge in [0, 0.05) is 240 Å². The predicted molar refractivity (Wildman–Crippen MR) is 597 cm³/mol. The summed E-state index contributed by atoms with van der Waals surface area (Å²) in [6, 6.07) is 33.3. The fourth-order valence-electron chi connectivity index (χ4n) is 14.5. The molecule has 3 N–H and O–H groups in total. The normalized spacial score (nSPS) is 18.4. The SMILES string of the molecule is CC1CCOCC1.CC1COC1.CCN(C)CC.CN1C(=O)c2ccccc2C1=O.CN1CCCC1=O.CN1CCCCC1.CN1CCCCC1=O.CN1CCCCCC1=O.CN1CCCN(C)C1=O.CN1CCN(C)CC1.CN1CCNCC1.CN1CCNCC1=O.CN1CCOCC1.CN1CCOCC1=O.COc1ccc(C)cc1.Cc1ccccc1.Cc1cn(C)nn1.Cn1cc(CO)nn1.Cn1cnc2ccccc21. The molecule has 13 aliphatic rings. The number of hydrogen-bond donors (Lipinski definition) is 3. The van der Waals surface area contributed by atoms with Crippen LogP contribution in [0.3, 0.4) is 0 Å². The van der Waals surface area contributed by atoms with Crippen LogP contribution in [0, 0.1) is 32.6 Å². The van der Waals surface area contributed by atoms with Crippen molar-refractivity contribution in [2.24, 2.45) is 33.0 Å². The minimum absolute atomic E-state index is 0.0339. The monoisotopic (exact) mass is 2090 g/mol. The van der Waals surface area contributed by atoms with E-state index in [1.165, 1.54) is 127 Å². The molecule has 0 spiro atoms. The molecule has 149 heavy (non-hydrogen) atoms. The number of fused-ring (bicyclic) bond motifs is 2. The zero-order valence-corrected chi connectivity index (χ0v) is 96.0. The van der Waals surface area contributed by atoms with E-state index < -0.39 is 0 Å². The number of nitrogens with one attached hydrogen (secondary N) is 2. The summed E-state index contributed by atoms with van der Waals surface area (Å²) in [6.07, 6.45) is 22.3. The number of benzene rings is 4. The van der Waals surface area contributed by atoms with E-state index in [2.05, 4.69) is 168 Å². The van der Waals surface area contributed by atoms with Crippen molar-refractivity contribution < 1.29 is 67.1 Å². The van der Waals surface area contributed by atoms with Crippen molar-refractivity contribution in [2.75, 3.05) is 309 Å². The van der Waals surface area contributed by atoms with Gasteiger partial charge in [0.1, 0.15) is 18.1 Å². The zero-order valence-electron chi connectivity index (χ0n) is 96.0. The number of likely N-dealkylation sites (tertiary alicyclic amines) is 4. The summed E-state index contributed by atoms with van der Waals surface area (Å²) in [5, 5.41) is 29.3.